The van der Waals surface area contributed by atoms with Gasteiger partial charge in [0.15, 0.2) is 0 Å². The van der Waals surface area contributed by atoms with Crippen LogP contribution in [-0.2, 0) is 4.79 Å². The van der Waals surface area contributed by atoms with Crippen molar-refractivity contribution in [2.24, 2.45) is 0 Å². The van der Waals surface area contributed by atoms with E-state index in [9.17, 15) is 4.79 Å². The van der Waals surface area contributed by atoms with Gasteiger partial charge in [0.05, 0.1) is 5.54 Å². The van der Waals surface area contributed by atoms with Gasteiger partial charge >= 0.3 is 0 Å². The summed E-state index contributed by atoms with van der Waals surface area (Å²) >= 11 is 5.95. The van der Waals surface area contributed by atoms with E-state index < -0.39 is 0 Å². The Morgan fingerprint density at radius 2 is 1.70 bits per heavy atom. The number of halogens is 1. The Labute approximate surface area is 125 Å². The van der Waals surface area contributed by atoms with Crippen LogP contribution in [0.3, 0.4) is 0 Å². The van der Waals surface area contributed by atoms with Gasteiger partial charge in [-0.05, 0) is 43.0 Å². The Morgan fingerprint density at radius 3 is 2.30 bits per heavy atom. The number of hydrogen-bond acceptors (Lipinski definition) is 1. The van der Waals surface area contributed by atoms with E-state index in [1.165, 1.54) is 24.8 Å². The molecule has 1 spiro atoms. The van der Waals surface area contributed by atoms with E-state index in [-0.39, 0.29) is 11.4 Å². The molecule has 1 amide bonds. The van der Waals surface area contributed by atoms with Crippen molar-refractivity contribution in [3.63, 3.8) is 0 Å². The maximum atomic E-state index is 12.7. The lowest BCUT2D eigenvalue weighted by Gasteiger charge is -2.41. The van der Waals surface area contributed by atoms with Crippen LogP contribution in [-0.4, -0.2) is 23.4 Å². The molecule has 0 bridgehead atoms. The molecule has 2 nitrogen and oxygen atoms in total. The standard InChI is InChI=1S/C17H20ClNO/c1-12-15(13-6-8-14(18)9-7-13)16(20)19(2)17(12)10-4-3-5-11-17/h6-9H,3-5,10-11H2,1-2H3. The van der Waals surface area contributed by atoms with Gasteiger partial charge in [-0.15, -0.1) is 0 Å². The molecule has 1 saturated carbocycles. The predicted octanol–water partition coefficient (Wildman–Crippen LogP) is 4.29. The highest BCUT2D eigenvalue weighted by Gasteiger charge is 2.47. The second-order valence-corrected chi connectivity index (χ2v) is 6.40. The molecule has 0 N–H and O–H groups in total. The summed E-state index contributed by atoms with van der Waals surface area (Å²) in [6.45, 7) is 2.14. The van der Waals surface area contributed by atoms with Crippen LogP contribution in [0.1, 0.15) is 44.6 Å². The summed E-state index contributed by atoms with van der Waals surface area (Å²) in [5.74, 6) is 0.159. The van der Waals surface area contributed by atoms with E-state index in [2.05, 4.69) is 6.92 Å². The second-order valence-electron chi connectivity index (χ2n) is 5.96. The van der Waals surface area contributed by atoms with E-state index >= 15 is 0 Å². The third kappa shape index (κ3) is 1.89. The number of carbonyl (C=O) groups is 1. The molecule has 0 saturated heterocycles. The Kier molecular flexibility index (Phi) is 3.37. The molecular formula is C17H20ClNO. The molecule has 20 heavy (non-hydrogen) atoms. The zero-order chi connectivity index (χ0) is 14.3. The molecular weight excluding hydrogens is 270 g/mol. The fourth-order valence-electron chi connectivity index (χ4n) is 3.81. The maximum Gasteiger partial charge on any atom is 0.254 e. The van der Waals surface area contributed by atoms with Crippen molar-refractivity contribution in [2.45, 2.75) is 44.6 Å². The van der Waals surface area contributed by atoms with Crippen LogP contribution in [0.4, 0.5) is 0 Å². The van der Waals surface area contributed by atoms with E-state index in [1.54, 1.807) is 0 Å². The Hall–Kier alpha value is -1.28. The van der Waals surface area contributed by atoms with E-state index in [0.717, 1.165) is 24.0 Å². The molecule has 1 aliphatic carbocycles. The summed E-state index contributed by atoms with van der Waals surface area (Å²) in [5, 5.41) is 0.707. The summed E-state index contributed by atoms with van der Waals surface area (Å²) in [6, 6.07) is 7.62. The first-order valence-electron chi connectivity index (χ1n) is 7.32. The lowest BCUT2D eigenvalue weighted by atomic mass is 9.76. The molecule has 106 valence electrons. The number of carbonyl (C=O) groups excluding carboxylic acids is 1. The Balaban J connectivity index is 2.08. The van der Waals surface area contributed by atoms with Crippen LogP contribution >= 0.6 is 11.6 Å². The van der Waals surface area contributed by atoms with Gasteiger partial charge in [-0.1, -0.05) is 43.0 Å². The molecule has 1 aromatic rings. The van der Waals surface area contributed by atoms with Gasteiger partial charge in [-0.25, -0.2) is 0 Å². The first-order chi connectivity index (χ1) is 9.56. The van der Waals surface area contributed by atoms with Gasteiger partial charge < -0.3 is 4.90 Å². The molecule has 3 heteroatoms. The summed E-state index contributed by atoms with van der Waals surface area (Å²) in [4.78, 5) is 14.7. The highest BCUT2D eigenvalue weighted by Crippen LogP contribution is 2.47. The maximum absolute atomic E-state index is 12.7. The fourth-order valence-corrected chi connectivity index (χ4v) is 3.94. The van der Waals surface area contributed by atoms with Gasteiger partial charge in [0.25, 0.3) is 5.91 Å². The van der Waals surface area contributed by atoms with Crippen LogP contribution in [0.25, 0.3) is 5.57 Å². The summed E-state index contributed by atoms with van der Waals surface area (Å²) < 4.78 is 0. The molecule has 0 unspecified atom stereocenters. The zero-order valence-electron chi connectivity index (χ0n) is 12.1. The predicted molar refractivity (Wildman–Crippen MR) is 82.6 cm³/mol. The molecule has 1 aromatic carbocycles. The lowest BCUT2D eigenvalue weighted by molar-refractivity contribution is -0.127. The SMILES string of the molecule is CC1=C(c2ccc(Cl)cc2)C(=O)N(C)C12CCCCC2. The molecule has 0 aromatic heterocycles. The third-order valence-corrected chi connectivity index (χ3v) is 5.30. The van der Waals surface area contributed by atoms with E-state index in [0.29, 0.717) is 5.02 Å². The Bertz CT molecular complexity index is 567. The van der Waals surface area contributed by atoms with Crippen molar-refractivity contribution in [1.29, 1.82) is 0 Å². The van der Waals surface area contributed by atoms with Crippen LogP contribution in [0.15, 0.2) is 29.8 Å². The van der Waals surface area contributed by atoms with Crippen LogP contribution in [0, 0.1) is 0 Å². The monoisotopic (exact) mass is 289 g/mol. The zero-order valence-corrected chi connectivity index (χ0v) is 12.8. The number of hydrogen-bond donors (Lipinski definition) is 0. The van der Waals surface area contributed by atoms with Crippen molar-refractivity contribution >= 4 is 23.1 Å². The molecule has 1 heterocycles. The third-order valence-electron chi connectivity index (χ3n) is 5.05. The van der Waals surface area contributed by atoms with Crippen LogP contribution < -0.4 is 0 Å². The first kappa shape index (κ1) is 13.7. The van der Waals surface area contributed by atoms with Crippen LogP contribution in [0.2, 0.25) is 5.02 Å². The van der Waals surface area contributed by atoms with Gasteiger partial charge in [0, 0.05) is 17.6 Å². The number of nitrogens with zero attached hydrogens (tertiary/aromatic N) is 1. The average molecular weight is 290 g/mol. The molecule has 1 aliphatic heterocycles. The fraction of sp³-hybridized carbons (Fsp3) is 0.471. The smallest absolute Gasteiger partial charge is 0.254 e. The highest BCUT2D eigenvalue weighted by molar-refractivity contribution is 6.30. The largest absolute Gasteiger partial charge is 0.332 e. The number of rotatable bonds is 1. The summed E-state index contributed by atoms with van der Waals surface area (Å²) in [6.07, 6.45) is 5.90. The topological polar surface area (TPSA) is 20.3 Å². The lowest BCUT2D eigenvalue weighted by Crippen LogP contribution is -2.46. The minimum atomic E-state index is -0.0374. The van der Waals surface area contributed by atoms with Crippen molar-refractivity contribution in [3.8, 4) is 0 Å². The number of amides is 1. The molecule has 2 aliphatic rings. The van der Waals surface area contributed by atoms with Gasteiger partial charge in [-0.2, -0.15) is 0 Å². The molecule has 0 radical (unpaired) electrons. The highest BCUT2D eigenvalue weighted by atomic mass is 35.5. The summed E-state index contributed by atoms with van der Waals surface area (Å²) in [5.41, 5.74) is 3.08. The minimum Gasteiger partial charge on any atom is -0.332 e. The van der Waals surface area contributed by atoms with Gasteiger partial charge in [-0.3, -0.25) is 4.79 Å². The number of benzene rings is 1. The van der Waals surface area contributed by atoms with Crippen molar-refractivity contribution in [1.82, 2.24) is 4.90 Å². The van der Waals surface area contributed by atoms with Crippen molar-refractivity contribution < 1.29 is 4.79 Å². The van der Waals surface area contributed by atoms with Gasteiger partial charge in [0.1, 0.15) is 0 Å². The normalized spacial score (nSPS) is 21.9. The minimum absolute atomic E-state index is 0.0374. The first-order valence-corrected chi connectivity index (χ1v) is 7.69. The Morgan fingerprint density at radius 1 is 1.10 bits per heavy atom. The molecule has 0 atom stereocenters. The van der Waals surface area contributed by atoms with Crippen LogP contribution in [0.5, 0.6) is 0 Å². The average Bonchev–Trinajstić information content (AvgIpc) is 2.64. The van der Waals surface area contributed by atoms with Crippen molar-refractivity contribution in [3.05, 3.63) is 40.4 Å². The van der Waals surface area contributed by atoms with E-state index in [4.69, 9.17) is 11.6 Å². The molecule has 3 rings (SSSR count). The molecule has 1 fully saturated rings. The van der Waals surface area contributed by atoms with Gasteiger partial charge in [0.2, 0.25) is 0 Å². The second kappa shape index (κ2) is 4.92. The summed E-state index contributed by atoms with van der Waals surface area (Å²) in [7, 11) is 1.96. The van der Waals surface area contributed by atoms with E-state index in [1.807, 2.05) is 36.2 Å². The van der Waals surface area contributed by atoms with Crippen molar-refractivity contribution in [2.75, 3.05) is 7.05 Å². The quantitative estimate of drug-likeness (QED) is 0.755. The number of likely N-dealkylation sites (N-methyl/N-ethyl adjacent to an activating group) is 1.